The lowest BCUT2D eigenvalue weighted by Gasteiger charge is -2.24. The van der Waals surface area contributed by atoms with Gasteiger partial charge in [0.2, 0.25) is 11.8 Å². The van der Waals surface area contributed by atoms with Crippen molar-refractivity contribution in [1.82, 2.24) is 9.88 Å². The number of benzene rings is 2. The first-order valence-electron chi connectivity index (χ1n) is 9.14. The first-order valence-corrected chi connectivity index (χ1v) is 10.0. The Hall–Kier alpha value is -2.99. The first kappa shape index (κ1) is 19.8. The molecular formula is C22H23N3O2S. The predicted molar refractivity (Wildman–Crippen MR) is 113 cm³/mol. The summed E-state index contributed by atoms with van der Waals surface area (Å²) in [5, 5.41) is 2.57. The van der Waals surface area contributed by atoms with Gasteiger partial charge in [-0.05, 0) is 24.6 Å². The summed E-state index contributed by atoms with van der Waals surface area (Å²) in [6, 6.07) is 19.3. The summed E-state index contributed by atoms with van der Waals surface area (Å²) in [6.07, 6.45) is 0.222. The highest BCUT2D eigenvalue weighted by atomic mass is 32.1. The number of rotatable bonds is 7. The molecule has 0 aliphatic heterocycles. The molecule has 6 heteroatoms. The van der Waals surface area contributed by atoms with Crippen molar-refractivity contribution in [3.63, 3.8) is 0 Å². The van der Waals surface area contributed by atoms with Crippen molar-refractivity contribution in [3.05, 3.63) is 77.3 Å². The minimum Gasteiger partial charge on any atom is -0.338 e. The Morgan fingerprint density at radius 2 is 1.64 bits per heavy atom. The zero-order valence-electron chi connectivity index (χ0n) is 16.0. The number of thiazole rings is 1. The number of hydrogen-bond acceptors (Lipinski definition) is 4. The van der Waals surface area contributed by atoms with Gasteiger partial charge < -0.3 is 4.90 Å². The van der Waals surface area contributed by atoms with Crippen LogP contribution in [0.3, 0.4) is 0 Å². The van der Waals surface area contributed by atoms with Gasteiger partial charge in [0.05, 0.1) is 11.4 Å². The average molecular weight is 394 g/mol. The van der Waals surface area contributed by atoms with Crippen LogP contribution in [0.1, 0.15) is 24.6 Å². The van der Waals surface area contributed by atoms with Gasteiger partial charge in [0.15, 0.2) is 5.13 Å². The quantitative estimate of drug-likeness (QED) is 0.591. The lowest BCUT2D eigenvalue weighted by molar-refractivity contribution is -0.130. The maximum absolute atomic E-state index is 13.1. The number of amides is 2. The first-order chi connectivity index (χ1) is 13.5. The molecule has 2 amide bonds. The normalized spacial score (nSPS) is 10.5. The second-order valence-electron chi connectivity index (χ2n) is 6.51. The lowest BCUT2D eigenvalue weighted by atomic mass is 10.2. The minimum absolute atomic E-state index is 0.0481. The number of aryl methyl sites for hydroxylation is 1. The van der Waals surface area contributed by atoms with Gasteiger partial charge in [-0.3, -0.25) is 14.5 Å². The highest BCUT2D eigenvalue weighted by Crippen LogP contribution is 2.29. The maximum Gasteiger partial charge on any atom is 0.235 e. The molecule has 1 heterocycles. The number of hydrogen-bond donors (Lipinski definition) is 0. The molecule has 0 spiro atoms. The Kier molecular flexibility index (Phi) is 6.55. The van der Waals surface area contributed by atoms with Gasteiger partial charge in [-0.1, -0.05) is 48.5 Å². The van der Waals surface area contributed by atoms with Crippen molar-refractivity contribution in [2.24, 2.45) is 0 Å². The fourth-order valence-corrected chi connectivity index (χ4v) is 3.71. The number of carbonyl (C=O) groups is 2. The lowest BCUT2D eigenvalue weighted by Crippen LogP contribution is -2.34. The number of nitrogens with zero attached hydrogens (tertiary/aromatic N) is 3. The van der Waals surface area contributed by atoms with E-state index in [1.807, 2.05) is 73.0 Å². The molecule has 2 aromatic carbocycles. The van der Waals surface area contributed by atoms with E-state index in [0.29, 0.717) is 18.2 Å². The third-order valence-corrected chi connectivity index (χ3v) is 5.26. The van der Waals surface area contributed by atoms with E-state index in [1.165, 1.54) is 18.3 Å². The highest BCUT2D eigenvalue weighted by Gasteiger charge is 2.22. The van der Waals surface area contributed by atoms with Crippen molar-refractivity contribution in [2.45, 2.75) is 26.8 Å². The molecule has 0 saturated heterocycles. The van der Waals surface area contributed by atoms with E-state index in [4.69, 9.17) is 0 Å². The van der Waals surface area contributed by atoms with E-state index in [2.05, 4.69) is 4.98 Å². The molecule has 0 saturated carbocycles. The van der Waals surface area contributed by atoms with Crippen LogP contribution >= 0.6 is 11.3 Å². The Morgan fingerprint density at radius 1 is 1.00 bits per heavy atom. The van der Waals surface area contributed by atoms with E-state index in [1.54, 1.807) is 9.80 Å². The molecule has 0 radical (unpaired) electrons. The Labute approximate surface area is 169 Å². The summed E-state index contributed by atoms with van der Waals surface area (Å²) >= 11 is 1.44. The zero-order chi connectivity index (χ0) is 19.9. The minimum atomic E-state index is -0.0835. The van der Waals surface area contributed by atoms with Crippen LogP contribution in [0, 0.1) is 6.92 Å². The third kappa shape index (κ3) is 5.04. The summed E-state index contributed by atoms with van der Waals surface area (Å²) < 4.78 is 0. The molecule has 0 bridgehead atoms. The number of para-hydroxylation sites is 1. The van der Waals surface area contributed by atoms with Crippen LogP contribution in [-0.2, 0) is 16.1 Å². The van der Waals surface area contributed by atoms with Crippen molar-refractivity contribution in [3.8, 4) is 0 Å². The smallest absolute Gasteiger partial charge is 0.235 e. The van der Waals surface area contributed by atoms with Crippen LogP contribution in [0.2, 0.25) is 0 Å². The Balaban J connectivity index is 1.75. The summed E-state index contributed by atoms with van der Waals surface area (Å²) in [4.78, 5) is 33.0. The molecule has 0 aliphatic carbocycles. The summed E-state index contributed by atoms with van der Waals surface area (Å²) in [5.74, 6) is -0.132. The largest absolute Gasteiger partial charge is 0.338 e. The van der Waals surface area contributed by atoms with Crippen LogP contribution in [-0.4, -0.2) is 28.2 Å². The molecule has 144 valence electrons. The standard InChI is InChI=1S/C22H23N3O2S/c1-17-16-28-22(23-17)25(20-11-7-4-8-12-20)21(27)13-14-24(18(2)26)15-19-9-5-3-6-10-19/h3-12,16H,13-15H2,1-2H3. The number of anilines is 2. The highest BCUT2D eigenvalue weighted by molar-refractivity contribution is 7.14. The van der Waals surface area contributed by atoms with E-state index < -0.39 is 0 Å². The molecule has 5 nitrogen and oxygen atoms in total. The third-order valence-electron chi connectivity index (χ3n) is 4.32. The Bertz CT molecular complexity index is 925. The summed E-state index contributed by atoms with van der Waals surface area (Å²) in [5.41, 5.74) is 2.70. The summed E-state index contributed by atoms with van der Waals surface area (Å²) in [7, 11) is 0. The molecule has 0 N–H and O–H groups in total. The van der Waals surface area contributed by atoms with Crippen LogP contribution < -0.4 is 4.90 Å². The van der Waals surface area contributed by atoms with Gasteiger partial charge >= 0.3 is 0 Å². The van der Waals surface area contributed by atoms with E-state index in [0.717, 1.165) is 16.9 Å². The van der Waals surface area contributed by atoms with Crippen molar-refractivity contribution in [1.29, 1.82) is 0 Å². The molecular weight excluding hydrogens is 370 g/mol. The molecule has 1 aromatic heterocycles. The zero-order valence-corrected chi connectivity index (χ0v) is 16.9. The SMILES string of the molecule is CC(=O)N(CCC(=O)N(c1ccccc1)c1nc(C)cs1)Cc1ccccc1. The van der Waals surface area contributed by atoms with Crippen LogP contribution in [0.4, 0.5) is 10.8 Å². The number of aromatic nitrogens is 1. The van der Waals surface area contributed by atoms with Crippen LogP contribution in [0.15, 0.2) is 66.0 Å². The van der Waals surface area contributed by atoms with Gasteiger partial charge in [-0.2, -0.15) is 0 Å². The molecule has 3 aromatic rings. The number of carbonyl (C=O) groups excluding carboxylic acids is 2. The van der Waals surface area contributed by atoms with Crippen molar-refractivity contribution in [2.75, 3.05) is 11.4 Å². The summed E-state index contributed by atoms with van der Waals surface area (Å²) in [6.45, 7) is 4.29. The molecule has 28 heavy (non-hydrogen) atoms. The van der Waals surface area contributed by atoms with E-state index >= 15 is 0 Å². The van der Waals surface area contributed by atoms with E-state index in [-0.39, 0.29) is 18.2 Å². The fourth-order valence-electron chi connectivity index (χ4n) is 2.88. The Morgan fingerprint density at radius 3 is 2.21 bits per heavy atom. The topological polar surface area (TPSA) is 53.5 Å². The predicted octanol–water partition coefficient (Wildman–Crippen LogP) is 4.56. The average Bonchev–Trinajstić information content (AvgIpc) is 3.12. The second kappa shape index (κ2) is 9.28. The molecule has 0 unspecified atom stereocenters. The second-order valence-corrected chi connectivity index (χ2v) is 7.35. The van der Waals surface area contributed by atoms with Gasteiger partial charge in [-0.25, -0.2) is 4.98 Å². The fraction of sp³-hybridized carbons (Fsp3) is 0.227. The van der Waals surface area contributed by atoms with Gasteiger partial charge in [0, 0.05) is 31.8 Å². The monoisotopic (exact) mass is 393 g/mol. The van der Waals surface area contributed by atoms with Gasteiger partial charge in [-0.15, -0.1) is 11.3 Å². The van der Waals surface area contributed by atoms with Gasteiger partial charge in [0.25, 0.3) is 0 Å². The molecule has 3 rings (SSSR count). The van der Waals surface area contributed by atoms with E-state index in [9.17, 15) is 9.59 Å². The van der Waals surface area contributed by atoms with Gasteiger partial charge in [0.1, 0.15) is 0 Å². The molecule has 0 aliphatic rings. The maximum atomic E-state index is 13.1. The molecule has 0 atom stereocenters. The molecule has 0 fully saturated rings. The van der Waals surface area contributed by atoms with Crippen molar-refractivity contribution < 1.29 is 9.59 Å². The van der Waals surface area contributed by atoms with Crippen molar-refractivity contribution >= 4 is 34.0 Å². The van der Waals surface area contributed by atoms with Crippen LogP contribution in [0.25, 0.3) is 0 Å². The van der Waals surface area contributed by atoms with Crippen LogP contribution in [0.5, 0.6) is 0 Å².